The highest BCUT2D eigenvalue weighted by molar-refractivity contribution is 4.84. The van der Waals surface area contributed by atoms with E-state index in [1.807, 2.05) is 6.92 Å². The Morgan fingerprint density at radius 2 is 2.18 bits per heavy atom. The minimum Gasteiger partial charge on any atom is -0.389 e. The van der Waals surface area contributed by atoms with Gasteiger partial charge in [-0.05, 0) is 51.2 Å². The van der Waals surface area contributed by atoms with Crippen molar-refractivity contribution in [1.82, 2.24) is 10.2 Å². The average Bonchev–Trinajstić information content (AvgIpc) is 2.26. The van der Waals surface area contributed by atoms with Crippen LogP contribution in [0, 0.1) is 11.8 Å². The standard InChI is InChI=1S/C14H30N2O/c1-5-15-9-13-7-6-8-16(10-13)11-14(4,17)12(2)3/h12-13,15,17H,5-11H2,1-4H3. The Labute approximate surface area is 107 Å². The lowest BCUT2D eigenvalue weighted by molar-refractivity contribution is -0.0275. The van der Waals surface area contributed by atoms with Crippen molar-refractivity contribution in [2.75, 3.05) is 32.7 Å². The molecule has 1 heterocycles. The van der Waals surface area contributed by atoms with Gasteiger partial charge in [0.1, 0.15) is 0 Å². The molecular formula is C14H30N2O. The lowest BCUT2D eigenvalue weighted by atomic mass is 9.90. The van der Waals surface area contributed by atoms with Gasteiger partial charge >= 0.3 is 0 Å². The Morgan fingerprint density at radius 1 is 1.47 bits per heavy atom. The zero-order valence-corrected chi connectivity index (χ0v) is 12.0. The summed E-state index contributed by atoms with van der Waals surface area (Å²) in [4.78, 5) is 2.44. The minimum absolute atomic E-state index is 0.316. The highest BCUT2D eigenvalue weighted by Crippen LogP contribution is 2.22. The Balaban J connectivity index is 2.39. The van der Waals surface area contributed by atoms with Gasteiger partial charge in [0.25, 0.3) is 0 Å². The van der Waals surface area contributed by atoms with Crippen LogP contribution in [0.5, 0.6) is 0 Å². The molecule has 0 aliphatic carbocycles. The van der Waals surface area contributed by atoms with Crippen molar-refractivity contribution < 1.29 is 5.11 Å². The van der Waals surface area contributed by atoms with Crippen molar-refractivity contribution in [3.63, 3.8) is 0 Å². The molecule has 1 fully saturated rings. The van der Waals surface area contributed by atoms with E-state index in [4.69, 9.17) is 0 Å². The maximum absolute atomic E-state index is 10.3. The van der Waals surface area contributed by atoms with Gasteiger partial charge in [-0.2, -0.15) is 0 Å². The van der Waals surface area contributed by atoms with E-state index >= 15 is 0 Å². The van der Waals surface area contributed by atoms with Crippen molar-refractivity contribution in [1.29, 1.82) is 0 Å². The van der Waals surface area contributed by atoms with E-state index in [1.54, 1.807) is 0 Å². The molecule has 0 aromatic rings. The molecule has 2 N–H and O–H groups in total. The molecule has 0 radical (unpaired) electrons. The SMILES string of the molecule is CCNCC1CCCN(CC(C)(O)C(C)C)C1. The first kappa shape index (κ1) is 14.9. The molecule has 1 aliphatic rings. The molecule has 0 aromatic carbocycles. The highest BCUT2D eigenvalue weighted by Gasteiger charge is 2.30. The molecule has 2 unspecified atom stereocenters. The maximum Gasteiger partial charge on any atom is 0.0768 e. The van der Waals surface area contributed by atoms with E-state index in [1.165, 1.54) is 12.8 Å². The second kappa shape index (κ2) is 6.72. The Kier molecular flexibility index (Phi) is 5.90. The Bertz CT molecular complexity index is 216. The second-order valence-electron chi connectivity index (χ2n) is 6.06. The number of rotatable bonds is 6. The van der Waals surface area contributed by atoms with E-state index < -0.39 is 5.60 Å². The van der Waals surface area contributed by atoms with Gasteiger partial charge in [0.2, 0.25) is 0 Å². The predicted molar refractivity (Wildman–Crippen MR) is 73.2 cm³/mol. The van der Waals surface area contributed by atoms with Crippen molar-refractivity contribution in [2.24, 2.45) is 11.8 Å². The predicted octanol–water partition coefficient (Wildman–Crippen LogP) is 1.71. The Morgan fingerprint density at radius 3 is 2.76 bits per heavy atom. The molecule has 102 valence electrons. The van der Waals surface area contributed by atoms with Gasteiger partial charge in [0.05, 0.1) is 5.60 Å². The first-order chi connectivity index (χ1) is 7.95. The average molecular weight is 242 g/mol. The van der Waals surface area contributed by atoms with Gasteiger partial charge in [-0.1, -0.05) is 20.8 Å². The zero-order valence-electron chi connectivity index (χ0n) is 12.0. The fourth-order valence-electron chi connectivity index (χ4n) is 2.45. The zero-order chi connectivity index (χ0) is 12.9. The first-order valence-electron chi connectivity index (χ1n) is 7.11. The Hall–Kier alpha value is -0.120. The summed E-state index contributed by atoms with van der Waals surface area (Å²) in [5, 5.41) is 13.8. The summed E-state index contributed by atoms with van der Waals surface area (Å²) in [6, 6.07) is 0. The summed E-state index contributed by atoms with van der Waals surface area (Å²) < 4.78 is 0. The van der Waals surface area contributed by atoms with Gasteiger partial charge in [-0.3, -0.25) is 0 Å². The fourth-order valence-corrected chi connectivity index (χ4v) is 2.45. The first-order valence-corrected chi connectivity index (χ1v) is 7.11. The number of nitrogens with zero attached hydrogens (tertiary/aromatic N) is 1. The topological polar surface area (TPSA) is 35.5 Å². The van der Waals surface area contributed by atoms with Crippen LogP contribution in [0.15, 0.2) is 0 Å². The van der Waals surface area contributed by atoms with Crippen LogP contribution in [-0.4, -0.2) is 48.3 Å². The van der Waals surface area contributed by atoms with Crippen LogP contribution in [0.3, 0.4) is 0 Å². The van der Waals surface area contributed by atoms with Gasteiger partial charge in [-0.15, -0.1) is 0 Å². The third kappa shape index (κ3) is 4.94. The fraction of sp³-hybridized carbons (Fsp3) is 1.00. The number of aliphatic hydroxyl groups is 1. The van der Waals surface area contributed by atoms with E-state index in [0.29, 0.717) is 5.92 Å². The normalized spacial score (nSPS) is 26.1. The van der Waals surface area contributed by atoms with Crippen LogP contribution >= 0.6 is 0 Å². The van der Waals surface area contributed by atoms with Gasteiger partial charge in [0.15, 0.2) is 0 Å². The number of hydrogen-bond donors (Lipinski definition) is 2. The molecule has 0 spiro atoms. The number of hydrogen-bond acceptors (Lipinski definition) is 3. The molecule has 3 nitrogen and oxygen atoms in total. The smallest absolute Gasteiger partial charge is 0.0768 e. The number of nitrogens with one attached hydrogen (secondary N) is 1. The van der Waals surface area contributed by atoms with Gasteiger partial charge in [0, 0.05) is 13.1 Å². The molecular weight excluding hydrogens is 212 g/mol. The van der Waals surface area contributed by atoms with Crippen molar-refractivity contribution >= 4 is 0 Å². The summed E-state index contributed by atoms with van der Waals surface area (Å²) in [5.41, 5.74) is -0.555. The molecule has 2 atom stereocenters. The maximum atomic E-state index is 10.3. The van der Waals surface area contributed by atoms with Crippen LogP contribution in [0.25, 0.3) is 0 Å². The molecule has 17 heavy (non-hydrogen) atoms. The summed E-state index contributed by atoms with van der Waals surface area (Å²) in [6.45, 7) is 13.6. The number of piperidine rings is 1. The van der Waals surface area contributed by atoms with Crippen LogP contribution in [0.4, 0.5) is 0 Å². The third-order valence-electron chi connectivity index (χ3n) is 4.07. The summed E-state index contributed by atoms with van der Waals surface area (Å²) in [7, 11) is 0. The van der Waals surface area contributed by atoms with Crippen LogP contribution in [-0.2, 0) is 0 Å². The summed E-state index contributed by atoms with van der Waals surface area (Å²) in [6.07, 6.45) is 2.59. The molecule has 3 heteroatoms. The number of β-amino-alcohol motifs (C(OH)–C–C–N with tert-alkyl or cyclic N) is 1. The molecule has 0 bridgehead atoms. The molecule has 1 saturated heterocycles. The highest BCUT2D eigenvalue weighted by atomic mass is 16.3. The molecule has 0 amide bonds. The van der Waals surface area contributed by atoms with Crippen LogP contribution in [0.2, 0.25) is 0 Å². The lowest BCUT2D eigenvalue weighted by Crippen LogP contribution is -2.49. The van der Waals surface area contributed by atoms with Crippen molar-refractivity contribution in [2.45, 2.75) is 46.1 Å². The van der Waals surface area contributed by atoms with E-state index in [9.17, 15) is 5.11 Å². The molecule has 1 rings (SSSR count). The number of likely N-dealkylation sites (tertiary alicyclic amines) is 1. The quantitative estimate of drug-likeness (QED) is 0.744. The van der Waals surface area contributed by atoms with Crippen molar-refractivity contribution in [3.05, 3.63) is 0 Å². The van der Waals surface area contributed by atoms with E-state index in [-0.39, 0.29) is 0 Å². The molecule has 0 saturated carbocycles. The third-order valence-corrected chi connectivity index (χ3v) is 4.07. The molecule has 0 aromatic heterocycles. The van der Waals surface area contributed by atoms with Crippen molar-refractivity contribution in [3.8, 4) is 0 Å². The van der Waals surface area contributed by atoms with E-state index in [2.05, 4.69) is 31.0 Å². The largest absolute Gasteiger partial charge is 0.389 e. The monoisotopic (exact) mass is 242 g/mol. The lowest BCUT2D eigenvalue weighted by Gasteiger charge is -2.39. The second-order valence-corrected chi connectivity index (χ2v) is 6.06. The summed E-state index contributed by atoms with van der Waals surface area (Å²) in [5.74, 6) is 1.07. The van der Waals surface area contributed by atoms with Crippen LogP contribution in [0.1, 0.15) is 40.5 Å². The van der Waals surface area contributed by atoms with Crippen LogP contribution < -0.4 is 5.32 Å². The molecule has 1 aliphatic heterocycles. The van der Waals surface area contributed by atoms with Gasteiger partial charge in [-0.25, -0.2) is 0 Å². The minimum atomic E-state index is -0.555. The van der Waals surface area contributed by atoms with E-state index in [0.717, 1.165) is 38.6 Å². The van der Waals surface area contributed by atoms with Gasteiger partial charge < -0.3 is 15.3 Å². The summed E-state index contributed by atoms with van der Waals surface area (Å²) >= 11 is 0.